The normalized spacial score (nSPS) is 12.0. The van der Waals surface area contributed by atoms with Gasteiger partial charge in [0.15, 0.2) is 11.5 Å². The van der Waals surface area contributed by atoms with E-state index in [1.54, 1.807) is 0 Å². The highest BCUT2D eigenvalue weighted by Gasteiger charge is 2.19. The van der Waals surface area contributed by atoms with Gasteiger partial charge in [0, 0.05) is 12.5 Å². The molecule has 0 aliphatic heterocycles. The largest absolute Gasteiger partial charge is 0.490 e. The van der Waals surface area contributed by atoms with Crippen molar-refractivity contribution in [1.29, 1.82) is 0 Å². The van der Waals surface area contributed by atoms with Crippen LogP contribution in [0.1, 0.15) is 27.2 Å². The van der Waals surface area contributed by atoms with E-state index in [1.807, 2.05) is 45.0 Å². The van der Waals surface area contributed by atoms with Crippen LogP contribution in [0.5, 0.6) is 11.5 Å². The fourth-order valence-corrected chi connectivity index (χ4v) is 1.94. The molecule has 0 fully saturated rings. The van der Waals surface area contributed by atoms with Crippen LogP contribution in [-0.4, -0.2) is 38.4 Å². The highest BCUT2D eigenvalue weighted by atomic mass is 16.5. The molecule has 1 rings (SSSR count). The number of hydrogen-bond acceptors (Lipinski definition) is 5. The molecule has 1 N–H and O–H groups in total. The van der Waals surface area contributed by atoms with Crippen LogP contribution >= 0.6 is 0 Å². The van der Waals surface area contributed by atoms with E-state index in [0.29, 0.717) is 31.1 Å². The molecule has 0 amide bonds. The van der Waals surface area contributed by atoms with E-state index in [2.05, 4.69) is 5.32 Å². The Kier molecular flexibility index (Phi) is 7.61. The second-order valence-corrected chi connectivity index (χ2v) is 4.91. The molecule has 21 heavy (non-hydrogen) atoms. The van der Waals surface area contributed by atoms with Gasteiger partial charge in [0.05, 0.1) is 20.3 Å². The number of nitrogens with one attached hydrogen (secondary N) is 1. The monoisotopic (exact) mass is 295 g/mol. The maximum absolute atomic E-state index is 11.7. The summed E-state index contributed by atoms with van der Waals surface area (Å²) in [7, 11) is 1.39. The van der Waals surface area contributed by atoms with Crippen LogP contribution in [0.4, 0.5) is 0 Å². The summed E-state index contributed by atoms with van der Waals surface area (Å²) in [5, 5.41) is 3.17. The molecule has 0 heterocycles. The third kappa shape index (κ3) is 6.04. The van der Waals surface area contributed by atoms with Crippen LogP contribution in [0.15, 0.2) is 24.3 Å². The van der Waals surface area contributed by atoms with Crippen LogP contribution in [0.25, 0.3) is 0 Å². The molecule has 0 aliphatic rings. The molecule has 0 aromatic heterocycles. The van der Waals surface area contributed by atoms with Crippen LogP contribution in [0.3, 0.4) is 0 Å². The Balaban J connectivity index is 2.55. The molecule has 118 valence electrons. The predicted molar refractivity (Wildman–Crippen MR) is 81.8 cm³/mol. The minimum atomic E-state index is -0.366. The Morgan fingerprint density at radius 1 is 1.19 bits per heavy atom. The lowest BCUT2D eigenvalue weighted by atomic mass is 10.2. The average Bonchev–Trinajstić information content (AvgIpc) is 2.47. The van der Waals surface area contributed by atoms with E-state index < -0.39 is 0 Å². The minimum absolute atomic E-state index is 0.199. The molecular weight excluding hydrogens is 270 g/mol. The maximum atomic E-state index is 11.7. The number of carbonyl (C=O) groups excluding carboxylic acids is 1. The van der Waals surface area contributed by atoms with E-state index in [0.717, 1.165) is 0 Å². The molecule has 1 aromatic rings. The van der Waals surface area contributed by atoms with Crippen LogP contribution in [0.2, 0.25) is 0 Å². The Bertz CT molecular complexity index is 434. The molecule has 1 aromatic carbocycles. The van der Waals surface area contributed by atoms with E-state index >= 15 is 0 Å². The zero-order chi connectivity index (χ0) is 15.7. The van der Waals surface area contributed by atoms with Crippen LogP contribution in [-0.2, 0) is 9.53 Å². The lowest BCUT2D eigenvalue weighted by molar-refractivity contribution is -0.143. The SMILES string of the molecule is CCOc1ccccc1OCCC(NC(C)C)C(=O)OC. The summed E-state index contributed by atoms with van der Waals surface area (Å²) in [4.78, 5) is 11.7. The first-order valence-corrected chi connectivity index (χ1v) is 7.27. The highest BCUT2D eigenvalue weighted by Crippen LogP contribution is 2.26. The summed E-state index contributed by atoms with van der Waals surface area (Å²) in [6, 6.07) is 7.34. The van der Waals surface area contributed by atoms with Gasteiger partial charge in [-0.3, -0.25) is 4.79 Å². The minimum Gasteiger partial charge on any atom is -0.490 e. The van der Waals surface area contributed by atoms with Crippen molar-refractivity contribution in [2.45, 2.75) is 39.3 Å². The summed E-state index contributed by atoms with van der Waals surface area (Å²) < 4.78 is 16.0. The van der Waals surface area contributed by atoms with Gasteiger partial charge in [-0.2, -0.15) is 0 Å². The number of methoxy groups -OCH3 is 1. The number of para-hydroxylation sites is 2. The molecule has 0 spiro atoms. The molecule has 5 nitrogen and oxygen atoms in total. The molecule has 0 saturated heterocycles. The van der Waals surface area contributed by atoms with Crippen molar-refractivity contribution >= 4 is 5.97 Å². The van der Waals surface area contributed by atoms with Crippen molar-refractivity contribution in [2.24, 2.45) is 0 Å². The van der Waals surface area contributed by atoms with Gasteiger partial charge in [0.2, 0.25) is 0 Å². The highest BCUT2D eigenvalue weighted by molar-refractivity contribution is 5.75. The van der Waals surface area contributed by atoms with Gasteiger partial charge in [-0.15, -0.1) is 0 Å². The molecule has 1 unspecified atom stereocenters. The molecule has 0 radical (unpaired) electrons. The summed E-state index contributed by atoms with van der Waals surface area (Å²) in [6.07, 6.45) is 0.533. The lowest BCUT2D eigenvalue weighted by Gasteiger charge is -2.19. The van der Waals surface area contributed by atoms with Gasteiger partial charge >= 0.3 is 5.97 Å². The zero-order valence-electron chi connectivity index (χ0n) is 13.2. The third-order valence-electron chi connectivity index (χ3n) is 2.83. The van der Waals surface area contributed by atoms with Gasteiger partial charge in [-0.25, -0.2) is 0 Å². The van der Waals surface area contributed by atoms with Gasteiger partial charge in [0.1, 0.15) is 6.04 Å². The smallest absolute Gasteiger partial charge is 0.322 e. The topological polar surface area (TPSA) is 56.8 Å². The molecule has 0 bridgehead atoms. The fraction of sp³-hybridized carbons (Fsp3) is 0.562. The van der Waals surface area contributed by atoms with Crippen molar-refractivity contribution < 1.29 is 19.0 Å². The average molecular weight is 295 g/mol. The number of hydrogen-bond donors (Lipinski definition) is 1. The molecule has 5 heteroatoms. The predicted octanol–water partition coefficient (Wildman–Crippen LogP) is 2.39. The van der Waals surface area contributed by atoms with E-state index in [4.69, 9.17) is 14.2 Å². The number of ether oxygens (including phenoxy) is 3. The zero-order valence-corrected chi connectivity index (χ0v) is 13.2. The van der Waals surface area contributed by atoms with Crippen molar-refractivity contribution in [1.82, 2.24) is 5.32 Å². The molecule has 0 saturated carbocycles. The number of benzene rings is 1. The number of rotatable bonds is 9. The van der Waals surface area contributed by atoms with Crippen molar-refractivity contribution in [2.75, 3.05) is 20.3 Å². The van der Waals surface area contributed by atoms with E-state index in [9.17, 15) is 4.79 Å². The Hall–Kier alpha value is -1.75. The second-order valence-electron chi connectivity index (χ2n) is 4.91. The first-order chi connectivity index (χ1) is 10.1. The second kappa shape index (κ2) is 9.23. The Labute approximate surface area is 126 Å². The first kappa shape index (κ1) is 17.3. The van der Waals surface area contributed by atoms with Crippen molar-refractivity contribution in [3.63, 3.8) is 0 Å². The quantitative estimate of drug-likeness (QED) is 0.709. The first-order valence-electron chi connectivity index (χ1n) is 7.27. The van der Waals surface area contributed by atoms with Crippen LogP contribution < -0.4 is 14.8 Å². The van der Waals surface area contributed by atoms with Crippen LogP contribution in [0, 0.1) is 0 Å². The van der Waals surface area contributed by atoms with Crippen molar-refractivity contribution in [3.8, 4) is 11.5 Å². The summed E-state index contributed by atoms with van der Waals surface area (Å²) in [5.74, 6) is 1.13. The number of esters is 1. The fourth-order valence-electron chi connectivity index (χ4n) is 1.94. The van der Waals surface area contributed by atoms with E-state index in [-0.39, 0.29) is 18.1 Å². The van der Waals surface area contributed by atoms with Gasteiger partial charge in [-0.05, 0) is 19.1 Å². The van der Waals surface area contributed by atoms with E-state index in [1.165, 1.54) is 7.11 Å². The summed E-state index contributed by atoms with van der Waals surface area (Å²) in [5.41, 5.74) is 0. The summed E-state index contributed by atoms with van der Waals surface area (Å²) >= 11 is 0. The van der Waals surface area contributed by atoms with Gasteiger partial charge in [-0.1, -0.05) is 26.0 Å². The Morgan fingerprint density at radius 2 is 1.81 bits per heavy atom. The third-order valence-corrected chi connectivity index (χ3v) is 2.83. The number of carbonyl (C=O) groups is 1. The van der Waals surface area contributed by atoms with Gasteiger partial charge in [0.25, 0.3) is 0 Å². The standard InChI is InChI=1S/C16H25NO4/c1-5-20-14-8-6-7-9-15(14)21-11-10-13(16(18)19-4)17-12(2)3/h6-9,12-13,17H,5,10-11H2,1-4H3. The van der Waals surface area contributed by atoms with Crippen molar-refractivity contribution in [3.05, 3.63) is 24.3 Å². The van der Waals surface area contributed by atoms with Gasteiger partial charge < -0.3 is 19.5 Å². The summed E-state index contributed by atoms with van der Waals surface area (Å²) in [6.45, 7) is 6.89. The maximum Gasteiger partial charge on any atom is 0.322 e. The lowest BCUT2D eigenvalue weighted by Crippen LogP contribution is -2.42. The molecule has 1 atom stereocenters. The molecule has 0 aliphatic carbocycles. The Morgan fingerprint density at radius 3 is 2.33 bits per heavy atom. The molecular formula is C16H25NO4.